The molecule has 1 fully saturated rings. The lowest BCUT2D eigenvalue weighted by Gasteiger charge is -2.13. The number of amides is 1. The molecule has 0 bridgehead atoms. The van der Waals surface area contributed by atoms with E-state index in [1.165, 1.54) is 0 Å². The first-order chi connectivity index (χ1) is 11.6. The molecule has 0 saturated heterocycles. The van der Waals surface area contributed by atoms with Crippen LogP contribution in [0.15, 0.2) is 42.5 Å². The lowest BCUT2D eigenvalue weighted by atomic mass is 10.0. The van der Waals surface area contributed by atoms with E-state index in [9.17, 15) is 14.7 Å². The number of rotatable bonds is 8. The SMILES string of the molecule is O=C(CCCC(=O)C1CC1)NCC(O)c1ccc2ccccc2c1. The zero-order valence-electron chi connectivity index (χ0n) is 13.7. The summed E-state index contributed by atoms with van der Waals surface area (Å²) in [6, 6.07) is 13.8. The van der Waals surface area contributed by atoms with Crippen LogP contribution in [0.5, 0.6) is 0 Å². The third kappa shape index (κ3) is 4.42. The maximum Gasteiger partial charge on any atom is 0.220 e. The largest absolute Gasteiger partial charge is 0.387 e. The molecule has 0 radical (unpaired) electrons. The summed E-state index contributed by atoms with van der Waals surface area (Å²) in [7, 11) is 0. The van der Waals surface area contributed by atoms with Crippen LogP contribution in [0.2, 0.25) is 0 Å². The van der Waals surface area contributed by atoms with Crippen molar-refractivity contribution in [3.8, 4) is 0 Å². The molecular weight excluding hydrogens is 302 g/mol. The van der Waals surface area contributed by atoms with Gasteiger partial charge in [-0.25, -0.2) is 0 Å². The third-order valence-corrected chi connectivity index (χ3v) is 4.51. The van der Waals surface area contributed by atoms with Gasteiger partial charge in [-0.3, -0.25) is 9.59 Å². The molecule has 2 N–H and O–H groups in total. The van der Waals surface area contributed by atoms with Crippen LogP contribution in [0, 0.1) is 5.92 Å². The summed E-state index contributed by atoms with van der Waals surface area (Å²) < 4.78 is 0. The first kappa shape index (κ1) is 16.7. The Balaban J connectivity index is 1.44. The van der Waals surface area contributed by atoms with Gasteiger partial charge in [0.25, 0.3) is 0 Å². The summed E-state index contributed by atoms with van der Waals surface area (Å²) in [5.74, 6) is 0.445. The minimum Gasteiger partial charge on any atom is -0.387 e. The number of benzene rings is 2. The number of carbonyl (C=O) groups is 2. The van der Waals surface area contributed by atoms with Crippen molar-refractivity contribution in [3.63, 3.8) is 0 Å². The van der Waals surface area contributed by atoms with Crippen molar-refractivity contribution in [1.82, 2.24) is 5.32 Å². The van der Waals surface area contributed by atoms with Gasteiger partial charge in [-0.15, -0.1) is 0 Å². The number of hydrogen-bond donors (Lipinski definition) is 2. The molecule has 1 atom stereocenters. The number of hydrogen-bond acceptors (Lipinski definition) is 3. The molecule has 126 valence electrons. The lowest BCUT2D eigenvalue weighted by Crippen LogP contribution is -2.28. The minimum absolute atomic E-state index is 0.113. The van der Waals surface area contributed by atoms with Crippen molar-refractivity contribution < 1.29 is 14.7 Å². The average molecular weight is 325 g/mol. The minimum atomic E-state index is -0.730. The zero-order chi connectivity index (χ0) is 16.9. The Morgan fingerprint density at radius 1 is 1.08 bits per heavy atom. The van der Waals surface area contributed by atoms with E-state index < -0.39 is 6.10 Å². The van der Waals surface area contributed by atoms with E-state index in [1.54, 1.807) is 0 Å². The number of fused-ring (bicyclic) bond motifs is 1. The highest BCUT2D eigenvalue weighted by Crippen LogP contribution is 2.31. The molecule has 0 aliphatic heterocycles. The second-order valence-electron chi connectivity index (χ2n) is 6.52. The summed E-state index contributed by atoms with van der Waals surface area (Å²) >= 11 is 0. The van der Waals surface area contributed by atoms with Gasteiger partial charge in [0, 0.05) is 25.3 Å². The number of nitrogens with one attached hydrogen (secondary N) is 1. The van der Waals surface area contributed by atoms with Gasteiger partial charge in [0.2, 0.25) is 5.91 Å². The fraction of sp³-hybridized carbons (Fsp3) is 0.400. The van der Waals surface area contributed by atoms with Gasteiger partial charge in [0.1, 0.15) is 5.78 Å². The summed E-state index contributed by atoms with van der Waals surface area (Å²) in [4.78, 5) is 23.4. The molecule has 1 unspecified atom stereocenters. The summed E-state index contributed by atoms with van der Waals surface area (Å²) in [6.07, 6.45) is 2.72. The monoisotopic (exact) mass is 325 g/mol. The first-order valence-corrected chi connectivity index (χ1v) is 8.59. The Morgan fingerprint density at radius 3 is 2.58 bits per heavy atom. The second kappa shape index (κ2) is 7.58. The second-order valence-corrected chi connectivity index (χ2v) is 6.52. The van der Waals surface area contributed by atoms with Crippen LogP contribution in [0.25, 0.3) is 10.8 Å². The highest BCUT2D eigenvalue weighted by atomic mass is 16.3. The third-order valence-electron chi connectivity index (χ3n) is 4.51. The van der Waals surface area contributed by atoms with Gasteiger partial charge in [0.15, 0.2) is 0 Å². The normalized spacial score (nSPS) is 15.2. The van der Waals surface area contributed by atoms with Crippen LogP contribution < -0.4 is 5.32 Å². The highest BCUT2D eigenvalue weighted by Gasteiger charge is 2.28. The zero-order valence-corrected chi connectivity index (χ0v) is 13.7. The predicted molar refractivity (Wildman–Crippen MR) is 93.5 cm³/mol. The number of aliphatic hydroxyl groups excluding tert-OH is 1. The van der Waals surface area contributed by atoms with Gasteiger partial charge in [-0.2, -0.15) is 0 Å². The summed E-state index contributed by atoms with van der Waals surface area (Å²) in [5.41, 5.74) is 0.790. The molecule has 0 heterocycles. The molecule has 1 aliphatic rings. The fourth-order valence-corrected chi connectivity index (χ4v) is 2.86. The molecule has 1 saturated carbocycles. The lowest BCUT2D eigenvalue weighted by molar-refractivity contribution is -0.122. The van der Waals surface area contributed by atoms with E-state index in [0.717, 1.165) is 29.2 Å². The predicted octanol–water partition coefficient (Wildman–Crippen LogP) is 3.14. The summed E-state index contributed by atoms with van der Waals surface area (Å²) in [6.45, 7) is 0.188. The number of aliphatic hydroxyl groups is 1. The average Bonchev–Trinajstić information content (AvgIpc) is 3.44. The number of ketones is 1. The van der Waals surface area contributed by atoms with Gasteiger partial charge in [0.05, 0.1) is 6.10 Å². The molecule has 1 aliphatic carbocycles. The number of carbonyl (C=O) groups excluding carboxylic acids is 2. The summed E-state index contributed by atoms with van der Waals surface area (Å²) in [5, 5.41) is 15.2. The molecule has 0 aromatic heterocycles. The van der Waals surface area contributed by atoms with Crippen molar-refractivity contribution in [2.45, 2.75) is 38.2 Å². The molecule has 4 nitrogen and oxygen atoms in total. The van der Waals surface area contributed by atoms with Crippen molar-refractivity contribution in [1.29, 1.82) is 0 Å². The Bertz CT molecular complexity index is 736. The molecular formula is C20H23NO3. The fourth-order valence-electron chi connectivity index (χ4n) is 2.86. The van der Waals surface area contributed by atoms with Crippen LogP contribution in [0.3, 0.4) is 0 Å². The van der Waals surface area contributed by atoms with Crippen LogP contribution in [0.4, 0.5) is 0 Å². The van der Waals surface area contributed by atoms with Crippen molar-refractivity contribution >= 4 is 22.5 Å². The topological polar surface area (TPSA) is 66.4 Å². The Hall–Kier alpha value is -2.20. The molecule has 4 heteroatoms. The number of Topliss-reactive ketones (excluding diaryl/α,β-unsaturated/α-hetero) is 1. The molecule has 2 aromatic carbocycles. The van der Waals surface area contributed by atoms with E-state index in [-0.39, 0.29) is 18.4 Å². The maximum absolute atomic E-state index is 11.8. The van der Waals surface area contributed by atoms with Crippen LogP contribution in [-0.2, 0) is 9.59 Å². The Morgan fingerprint density at radius 2 is 1.83 bits per heavy atom. The Kier molecular flexibility index (Phi) is 5.26. The molecule has 0 spiro atoms. The van der Waals surface area contributed by atoms with Gasteiger partial charge >= 0.3 is 0 Å². The van der Waals surface area contributed by atoms with Crippen molar-refractivity contribution in [2.75, 3.05) is 6.54 Å². The van der Waals surface area contributed by atoms with Gasteiger partial charge in [-0.05, 0) is 41.7 Å². The van der Waals surface area contributed by atoms with Crippen LogP contribution in [0.1, 0.15) is 43.8 Å². The van der Waals surface area contributed by atoms with E-state index >= 15 is 0 Å². The smallest absolute Gasteiger partial charge is 0.220 e. The highest BCUT2D eigenvalue weighted by molar-refractivity contribution is 5.84. The Labute approximate surface area is 141 Å². The molecule has 24 heavy (non-hydrogen) atoms. The molecule has 3 rings (SSSR count). The first-order valence-electron chi connectivity index (χ1n) is 8.59. The maximum atomic E-state index is 11.8. The van der Waals surface area contributed by atoms with E-state index in [1.807, 2.05) is 42.5 Å². The van der Waals surface area contributed by atoms with E-state index in [4.69, 9.17) is 0 Å². The molecule has 1 amide bonds. The van der Waals surface area contributed by atoms with Crippen molar-refractivity contribution in [3.05, 3.63) is 48.0 Å². The van der Waals surface area contributed by atoms with Gasteiger partial charge in [-0.1, -0.05) is 36.4 Å². The van der Waals surface area contributed by atoms with Gasteiger partial charge < -0.3 is 10.4 Å². The van der Waals surface area contributed by atoms with E-state index in [0.29, 0.717) is 25.0 Å². The van der Waals surface area contributed by atoms with Crippen LogP contribution in [-0.4, -0.2) is 23.3 Å². The standard InChI is InChI=1S/C20H23NO3/c22-18(15-9-10-15)6-3-7-20(24)21-13-19(23)17-11-8-14-4-1-2-5-16(14)12-17/h1-2,4-5,8,11-12,15,19,23H,3,6-7,9-10,13H2,(H,21,24). The quantitative estimate of drug-likeness (QED) is 0.783. The van der Waals surface area contributed by atoms with Crippen molar-refractivity contribution in [2.24, 2.45) is 5.92 Å². The molecule has 2 aromatic rings. The van der Waals surface area contributed by atoms with Crippen LogP contribution >= 0.6 is 0 Å². The van der Waals surface area contributed by atoms with E-state index in [2.05, 4.69) is 5.32 Å².